The molecule has 168 valence electrons. The van der Waals surface area contributed by atoms with Gasteiger partial charge in [-0.25, -0.2) is 8.42 Å². The molecule has 0 amide bonds. The monoisotopic (exact) mass is 476 g/mol. The zero-order chi connectivity index (χ0) is 21.8. The Morgan fingerprint density at radius 3 is 2.27 bits per heavy atom. The van der Waals surface area contributed by atoms with E-state index in [1.165, 1.54) is 0 Å². The first kappa shape index (κ1) is 24.0. The molecular formula is C21H30Cl2N2O4S. The van der Waals surface area contributed by atoms with Crippen LogP contribution in [0, 0.1) is 0 Å². The van der Waals surface area contributed by atoms with Gasteiger partial charge in [0.1, 0.15) is 0 Å². The van der Waals surface area contributed by atoms with Crippen molar-refractivity contribution >= 4 is 39.0 Å². The minimum atomic E-state index is -3.18. The average Bonchev–Trinajstić information content (AvgIpc) is 2.73. The predicted octanol–water partition coefficient (Wildman–Crippen LogP) is 3.86. The summed E-state index contributed by atoms with van der Waals surface area (Å²) >= 11 is 12.4. The number of carbonyl (C=O) groups is 1. The van der Waals surface area contributed by atoms with Gasteiger partial charge in [-0.2, -0.15) is 4.31 Å². The van der Waals surface area contributed by atoms with Gasteiger partial charge >= 0.3 is 0 Å². The first-order valence-electron chi connectivity index (χ1n) is 10.6. The third-order valence-corrected chi connectivity index (χ3v) is 8.95. The van der Waals surface area contributed by atoms with Crippen LogP contribution in [-0.2, 0) is 14.8 Å². The number of nitrogens with zero attached hydrogens (tertiary/aromatic N) is 2. The second-order valence-corrected chi connectivity index (χ2v) is 11.0. The summed E-state index contributed by atoms with van der Waals surface area (Å²) in [5, 5.41) is 0.756. The molecule has 0 spiro atoms. The molecule has 0 atom stereocenters. The van der Waals surface area contributed by atoms with Gasteiger partial charge in [0.2, 0.25) is 10.0 Å². The Bertz CT molecular complexity index is 828. The van der Waals surface area contributed by atoms with E-state index in [9.17, 15) is 13.2 Å². The van der Waals surface area contributed by atoms with Gasteiger partial charge in [-0.15, -0.1) is 0 Å². The maximum atomic E-state index is 12.9. The Hall–Kier alpha value is -0.700. The van der Waals surface area contributed by atoms with Crippen molar-refractivity contribution in [2.24, 2.45) is 0 Å². The maximum Gasteiger partial charge on any atom is 0.214 e. The van der Waals surface area contributed by atoms with Crippen LogP contribution in [0.4, 0.5) is 0 Å². The molecule has 2 saturated heterocycles. The summed E-state index contributed by atoms with van der Waals surface area (Å²) in [4.78, 5) is 15.3. The SMILES string of the molecule is CCCS(=O)(=O)N1CCN(C2(CCC(=O)c3c(Cl)cccc3Cl)CCOCC2)CC1. The molecule has 6 nitrogen and oxygen atoms in total. The molecule has 0 N–H and O–H groups in total. The molecule has 3 rings (SSSR count). The standard InChI is InChI=1S/C21H30Cl2N2O4S/c1-2-16-30(27,28)25-12-10-24(11-13-25)21(8-14-29-15-9-21)7-6-19(26)20-17(22)4-3-5-18(20)23/h3-5H,2,6-16H2,1H3. The molecule has 0 saturated carbocycles. The Morgan fingerprint density at radius 2 is 1.70 bits per heavy atom. The second kappa shape index (κ2) is 10.3. The molecular weight excluding hydrogens is 447 g/mol. The molecule has 2 fully saturated rings. The summed E-state index contributed by atoms with van der Waals surface area (Å²) in [6, 6.07) is 5.09. The van der Waals surface area contributed by atoms with Crippen LogP contribution in [0.15, 0.2) is 18.2 Å². The predicted molar refractivity (Wildman–Crippen MR) is 120 cm³/mol. The number of ether oxygens (including phenoxy) is 1. The molecule has 2 aliphatic heterocycles. The van der Waals surface area contributed by atoms with Crippen LogP contribution >= 0.6 is 23.2 Å². The normalized spacial score (nSPS) is 20.9. The van der Waals surface area contributed by atoms with E-state index in [1.54, 1.807) is 22.5 Å². The molecule has 1 aromatic carbocycles. The number of hydrogen-bond acceptors (Lipinski definition) is 5. The number of piperazine rings is 1. The van der Waals surface area contributed by atoms with Crippen molar-refractivity contribution in [1.82, 2.24) is 9.21 Å². The summed E-state index contributed by atoms with van der Waals surface area (Å²) in [5.74, 6) is 0.139. The van der Waals surface area contributed by atoms with Crippen molar-refractivity contribution in [3.8, 4) is 0 Å². The van der Waals surface area contributed by atoms with Crippen molar-refractivity contribution in [3.05, 3.63) is 33.8 Å². The fraction of sp³-hybridized carbons (Fsp3) is 0.667. The lowest BCUT2D eigenvalue weighted by Gasteiger charge is -2.49. The van der Waals surface area contributed by atoms with Crippen LogP contribution in [0.5, 0.6) is 0 Å². The summed E-state index contributed by atoms with van der Waals surface area (Å²) in [7, 11) is -3.18. The van der Waals surface area contributed by atoms with Crippen molar-refractivity contribution in [1.29, 1.82) is 0 Å². The highest BCUT2D eigenvalue weighted by Gasteiger charge is 2.41. The highest BCUT2D eigenvalue weighted by atomic mass is 35.5. The van der Waals surface area contributed by atoms with Crippen LogP contribution in [0.1, 0.15) is 49.4 Å². The van der Waals surface area contributed by atoms with Gasteiger partial charge < -0.3 is 4.74 Å². The highest BCUT2D eigenvalue weighted by molar-refractivity contribution is 7.89. The number of rotatable bonds is 8. The van der Waals surface area contributed by atoms with E-state index in [2.05, 4.69) is 4.90 Å². The summed E-state index contributed by atoms with van der Waals surface area (Å²) < 4.78 is 32.0. The molecule has 0 aliphatic carbocycles. The average molecular weight is 477 g/mol. The van der Waals surface area contributed by atoms with E-state index in [0.717, 1.165) is 12.8 Å². The topological polar surface area (TPSA) is 66.9 Å². The smallest absolute Gasteiger partial charge is 0.214 e. The molecule has 30 heavy (non-hydrogen) atoms. The number of sulfonamides is 1. The number of benzene rings is 1. The molecule has 2 heterocycles. The molecule has 0 unspecified atom stereocenters. The van der Waals surface area contributed by atoms with Gasteiger partial charge in [0, 0.05) is 51.4 Å². The quantitative estimate of drug-likeness (QED) is 0.532. The Balaban J connectivity index is 1.69. The van der Waals surface area contributed by atoms with E-state index in [-0.39, 0.29) is 17.1 Å². The van der Waals surface area contributed by atoms with Gasteiger partial charge in [0.25, 0.3) is 0 Å². The largest absolute Gasteiger partial charge is 0.381 e. The van der Waals surface area contributed by atoms with Crippen LogP contribution in [-0.4, -0.2) is 74.1 Å². The van der Waals surface area contributed by atoms with E-state index >= 15 is 0 Å². The van der Waals surface area contributed by atoms with Gasteiger partial charge in [-0.05, 0) is 37.8 Å². The number of Topliss-reactive ketones (excluding diaryl/α,β-unsaturated/α-hetero) is 1. The van der Waals surface area contributed by atoms with Crippen molar-refractivity contribution in [2.45, 2.75) is 44.6 Å². The van der Waals surface area contributed by atoms with E-state index < -0.39 is 10.0 Å². The third kappa shape index (κ3) is 5.37. The zero-order valence-corrected chi connectivity index (χ0v) is 19.7. The lowest BCUT2D eigenvalue weighted by Crippen LogP contribution is -2.60. The summed E-state index contributed by atoms with van der Waals surface area (Å²) in [6.45, 7) is 5.51. The minimum absolute atomic E-state index is 0.0550. The van der Waals surface area contributed by atoms with Gasteiger partial charge in [0.05, 0.1) is 21.4 Å². The van der Waals surface area contributed by atoms with Crippen molar-refractivity contribution in [3.63, 3.8) is 0 Å². The van der Waals surface area contributed by atoms with E-state index in [4.69, 9.17) is 27.9 Å². The third-order valence-electron chi connectivity index (χ3n) is 6.25. The van der Waals surface area contributed by atoms with Crippen LogP contribution in [0.25, 0.3) is 0 Å². The number of halogens is 2. The fourth-order valence-electron chi connectivity index (χ4n) is 4.54. The minimum Gasteiger partial charge on any atom is -0.381 e. The highest BCUT2D eigenvalue weighted by Crippen LogP contribution is 2.35. The Labute approximate surface area is 189 Å². The summed E-state index contributed by atoms with van der Waals surface area (Å²) in [5.41, 5.74) is 0.223. The zero-order valence-electron chi connectivity index (χ0n) is 17.4. The number of ketones is 1. The Kier molecular flexibility index (Phi) is 8.21. The number of carbonyl (C=O) groups excluding carboxylic acids is 1. The lowest BCUT2D eigenvalue weighted by molar-refractivity contribution is -0.0444. The van der Waals surface area contributed by atoms with Crippen molar-refractivity contribution < 1.29 is 17.9 Å². The van der Waals surface area contributed by atoms with Crippen molar-refractivity contribution in [2.75, 3.05) is 45.1 Å². The fourth-order valence-corrected chi connectivity index (χ4v) is 6.64. The second-order valence-electron chi connectivity index (χ2n) is 8.06. The van der Waals surface area contributed by atoms with Gasteiger partial charge in [-0.3, -0.25) is 9.69 Å². The van der Waals surface area contributed by atoms with Crippen LogP contribution in [0.2, 0.25) is 10.0 Å². The molecule has 9 heteroatoms. The molecule has 2 aliphatic rings. The summed E-state index contributed by atoms with van der Waals surface area (Å²) in [6.07, 6.45) is 3.31. The van der Waals surface area contributed by atoms with Gasteiger partial charge in [0.15, 0.2) is 5.78 Å². The molecule has 1 aromatic rings. The lowest BCUT2D eigenvalue weighted by atomic mass is 9.82. The number of hydrogen-bond donors (Lipinski definition) is 0. The van der Waals surface area contributed by atoms with E-state index in [1.807, 2.05) is 6.92 Å². The first-order valence-corrected chi connectivity index (χ1v) is 12.9. The van der Waals surface area contributed by atoms with Crippen LogP contribution < -0.4 is 0 Å². The molecule has 0 radical (unpaired) electrons. The van der Waals surface area contributed by atoms with Gasteiger partial charge in [-0.1, -0.05) is 36.2 Å². The molecule has 0 aromatic heterocycles. The Morgan fingerprint density at radius 1 is 1.10 bits per heavy atom. The maximum absolute atomic E-state index is 12.9. The first-order chi connectivity index (χ1) is 14.3. The van der Waals surface area contributed by atoms with Crippen LogP contribution in [0.3, 0.4) is 0 Å². The van der Waals surface area contributed by atoms with E-state index in [0.29, 0.717) is 74.3 Å². The molecule has 0 bridgehead atoms.